The van der Waals surface area contributed by atoms with Crippen LogP contribution in [0.4, 0.5) is 0 Å². The van der Waals surface area contributed by atoms with Gasteiger partial charge in [-0.3, -0.25) is 55.9 Å². The topological polar surface area (TPSA) is 290 Å². The number of ether oxygens (including phenoxy) is 8. The first-order valence-corrected chi connectivity index (χ1v) is 36.3. The van der Waals surface area contributed by atoms with E-state index in [1.54, 1.807) is 120 Å². The van der Waals surface area contributed by atoms with Gasteiger partial charge in [-0.1, -0.05) is 190 Å². The molecular weight excluding hydrogens is 1280 g/mol. The van der Waals surface area contributed by atoms with Gasteiger partial charge in [-0.2, -0.15) is 0 Å². The molecule has 2 fully saturated rings. The molecule has 4 unspecified atom stereocenters. The van der Waals surface area contributed by atoms with Crippen LogP contribution < -0.4 is 10.6 Å². The van der Waals surface area contributed by atoms with Crippen molar-refractivity contribution in [3.8, 4) is 0 Å². The summed E-state index contributed by atoms with van der Waals surface area (Å²) in [5.41, 5.74) is 3.32. The van der Waals surface area contributed by atoms with Crippen LogP contribution in [-0.4, -0.2) is 116 Å². The van der Waals surface area contributed by atoms with Crippen LogP contribution >= 0.6 is 15.6 Å². The molecule has 0 aromatic heterocycles. The number of amides is 2. The molecule has 7 rings (SSSR count). The van der Waals surface area contributed by atoms with Crippen molar-refractivity contribution in [1.82, 2.24) is 10.6 Å². The van der Waals surface area contributed by atoms with E-state index < -0.39 is 131 Å². The first-order valence-electron chi connectivity index (χ1n) is 33.4. The summed E-state index contributed by atoms with van der Waals surface area (Å²) >= 11 is 0. The first kappa shape index (κ1) is 77.1. The van der Waals surface area contributed by atoms with E-state index in [-0.39, 0.29) is 103 Å². The Morgan fingerprint density at radius 2 is 0.969 bits per heavy atom. The summed E-state index contributed by atoms with van der Waals surface area (Å²) in [5.74, 6) is -5.16. The number of carbonyl (C=O) groups excluding carboxylic acids is 6. The van der Waals surface area contributed by atoms with Crippen molar-refractivity contribution in [3.63, 3.8) is 0 Å². The van der Waals surface area contributed by atoms with Crippen molar-refractivity contribution in [2.75, 3.05) is 13.2 Å². The molecule has 0 spiro atoms. The van der Waals surface area contributed by atoms with Gasteiger partial charge in [-0.25, -0.2) is 9.13 Å². The Morgan fingerprint density at radius 3 is 1.43 bits per heavy atom. The van der Waals surface area contributed by atoms with Crippen LogP contribution in [0.15, 0.2) is 115 Å². The third-order valence-electron chi connectivity index (χ3n) is 16.9. The van der Waals surface area contributed by atoms with Crippen molar-refractivity contribution >= 4 is 51.3 Å². The number of phosphoric ester groups is 2. The summed E-state index contributed by atoms with van der Waals surface area (Å²) < 4.78 is 119. The lowest BCUT2D eigenvalue weighted by Crippen LogP contribution is -2.67. The van der Waals surface area contributed by atoms with Crippen LogP contribution in [0.25, 0.3) is 0 Å². The minimum atomic E-state index is -4.86. The lowest BCUT2D eigenvalue weighted by molar-refractivity contribution is -0.293. The molecule has 3 heterocycles. The summed E-state index contributed by atoms with van der Waals surface area (Å²) in [6.07, 6.45) is -11.7. The highest BCUT2D eigenvalue weighted by atomic mass is 31.2. The highest BCUT2D eigenvalue weighted by molar-refractivity contribution is 7.48. The Hall–Kier alpha value is -6.24. The molecule has 26 heteroatoms. The Balaban J connectivity index is 1.33. The maximum Gasteiger partial charge on any atom is 0.477 e. The fourth-order valence-electron chi connectivity index (χ4n) is 10.6. The van der Waals surface area contributed by atoms with Crippen LogP contribution in [0.1, 0.15) is 154 Å². The standard InChI is InChI=1S/C70H96N2O22P2/c1-10-46(7)35-62(77)91-66-48(9)56(89-70(64(66)71-58(73)37-54(12-3)87-60(75)14-5)94-96(80,83-40-50-29-21-17-22-30-50)84-41-51-31-23-18-24-32-51)45-82-69-65(72-59(74)38-55(13-4)88-61(76)15-6)68(92-63(78)36-47(8)11-2)67(57(90-69)44-81-39-49-27-19-16-20-28-49)93-95(79)85-42-52-33-25-26-34-53(52)43-86-95/h16-34,46-48,54-57,64-70H,10-15,35-45H2,1-9H3,(H,71,73)(H,72,74)/t46-,47-,48-,54-,55-,56?,57?,64?,65?,66+,67-,68-,69-,70-/m1/s1. The zero-order chi connectivity index (χ0) is 69.2. The molecule has 0 aliphatic carbocycles. The zero-order valence-electron chi connectivity index (χ0n) is 56.4. The smallest absolute Gasteiger partial charge is 0.462 e. The molecule has 2 amide bonds. The number of benzene rings is 4. The van der Waals surface area contributed by atoms with Crippen LogP contribution in [0.5, 0.6) is 0 Å². The van der Waals surface area contributed by atoms with Gasteiger partial charge in [0.15, 0.2) is 18.7 Å². The Morgan fingerprint density at radius 1 is 0.531 bits per heavy atom. The Kier molecular flexibility index (Phi) is 31.2. The van der Waals surface area contributed by atoms with Crippen LogP contribution in [0, 0.1) is 17.8 Å². The molecule has 528 valence electrons. The molecule has 3 aliphatic rings. The van der Waals surface area contributed by atoms with Gasteiger partial charge in [0.1, 0.15) is 42.6 Å². The van der Waals surface area contributed by atoms with Gasteiger partial charge in [0.25, 0.3) is 0 Å². The second-order valence-electron chi connectivity index (χ2n) is 24.4. The zero-order valence-corrected chi connectivity index (χ0v) is 58.2. The van der Waals surface area contributed by atoms with E-state index in [9.17, 15) is 28.8 Å². The maximum atomic E-state index is 15.5. The Bertz CT molecular complexity index is 3110. The molecule has 0 bridgehead atoms. The van der Waals surface area contributed by atoms with E-state index in [1.165, 1.54) is 0 Å². The Labute approximate surface area is 563 Å². The monoisotopic (exact) mass is 1380 g/mol. The van der Waals surface area contributed by atoms with Crippen LogP contribution in [-0.2, 0) is 136 Å². The molecule has 0 radical (unpaired) electrons. The lowest BCUT2D eigenvalue weighted by atomic mass is 9.88. The second-order valence-corrected chi connectivity index (χ2v) is 27.6. The summed E-state index contributed by atoms with van der Waals surface area (Å²) in [6.45, 7) is 14.2. The normalized spacial score (nSPS) is 23.7. The van der Waals surface area contributed by atoms with E-state index in [4.69, 9.17) is 65.0 Å². The van der Waals surface area contributed by atoms with E-state index in [1.807, 2.05) is 58.0 Å². The molecule has 3 aliphatic heterocycles. The van der Waals surface area contributed by atoms with E-state index >= 15 is 9.13 Å². The molecule has 96 heavy (non-hydrogen) atoms. The highest BCUT2D eigenvalue weighted by Crippen LogP contribution is 2.56. The van der Waals surface area contributed by atoms with Gasteiger partial charge in [-0.15, -0.1) is 0 Å². The molecular formula is C70H96N2O22P2. The average molecular weight is 1380 g/mol. The van der Waals surface area contributed by atoms with Gasteiger partial charge in [-0.05, 0) is 52.5 Å². The summed E-state index contributed by atoms with van der Waals surface area (Å²) in [4.78, 5) is 83.2. The van der Waals surface area contributed by atoms with E-state index in [0.29, 0.717) is 35.1 Å². The van der Waals surface area contributed by atoms with Crippen molar-refractivity contribution in [2.24, 2.45) is 17.8 Å². The summed E-state index contributed by atoms with van der Waals surface area (Å²) in [7, 11) is -9.53. The van der Waals surface area contributed by atoms with Gasteiger partial charge < -0.3 is 48.5 Å². The van der Waals surface area contributed by atoms with E-state index in [2.05, 4.69) is 10.6 Å². The number of rotatable bonds is 37. The lowest BCUT2D eigenvalue weighted by Gasteiger charge is -2.48. The number of hydrogen-bond acceptors (Lipinski definition) is 22. The average Bonchev–Trinajstić information content (AvgIpc) is 0.895. The molecule has 4 aromatic rings. The molecule has 2 N–H and O–H groups in total. The SMILES string of the molecule is CCC(=O)O[C@H](CC)CC(=O)NC1[C@@H](OP(=O)(OCc2ccccc2)OCc2ccccc2)OC(CO[C@@H]2OC(COCc3ccccc3)[C@@H](OP3(=O)OCc4ccccc4CO3)[C@H](OC(=O)C[C@H](C)CC)C2NC(=O)C[C@@H](CC)OC(=O)CC)[C@@H](C)[C@@H]1OC(=O)C[C@H](C)CC. The van der Waals surface area contributed by atoms with Crippen molar-refractivity contribution in [1.29, 1.82) is 0 Å². The van der Waals surface area contributed by atoms with Crippen molar-refractivity contribution < 1.29 is 103 Å². The van der Waals surface area contributed by atoms with Gasteiger partial charge in [0.05, 0.1) is 65.2 Å². The third kappa shape index (κ3) is 24.0. The fourth-order valence-corrected chi connectivity index (χ4v) is 13.2. The summed E-state index contributed by atoms with van der Waals surface area (Å²) in [6, 6.07) is 31.0. The molecule has 4 aromatic carbocycles. The molecule has 24 nitrogen and oxygen atoms in total. The quantitative estimate of drug-likeness (QED) is 0.0241. The van der Waals surface area contributed by atoms with Crippen LogP contribution in [0.2, 0.25) is 0 Å². The minimum Gasteiger partial charge on any atom is -0.462 e. The molecule has 0 saturated carbocycles. The first-order chi connectivity index (χ1) is 46.2. The maximum absolute atomic E-state index is 15.5. The van der Waals surface area contributed by atoms with E-state index in [0.717, 1.165) is 5.56 Å². The number of hydrogen-bond donors (Lipinski definition) is 2. The number of esters is 4. The number of fused-ring (bicyclic) bond motifs is 1. The van der Waals surface area contributed by atoms with Crippen LogP contribution in [0.3, 0.4) is 0 Å². The third-order valence-corrected chi connectivity index (χ3v) is 19.6. The minimum absolute atomic E-state index is 0.0348. The highest BCUT2D eigenvalue weighted by Gasteiger charge is 2.56. The van der Waals surface area contributed by atoms with Gasteiger partial charge >= 0.3 is 39.5 Å². The predicted octanol–water partition coefficient (Wildman–Crippen LogP) is 12.0. The number of phosphoric acid groups is 2. The summed E-state index contributed by atoms with van der Waals surface area (Å²) in [5, 5.41) is 5.85. The van der Waals surface area contributed by atoms with Crippen molar-refractivity contribution in [3.05, 3.63) is 143 Å². The largest absolute Gasteiger partial charge is 0.477 e. The van der Waals surface area contributed by atoms with Crippen molar-refractivity contribution in [2.45, 2.75) is 227 Å². The number of carbonyl (C=O) groups is 6. The van der Waals surface area contributed by atoms with Gasteiger partial charge in [0.2, 0.25) is 11.8 Å². The molecule has 2 saturated heterocycles. The second kappa shape index (κ2) is 38.8. The molecule has 14 atom stereocenters. The predicted molar refractivity (Wildman–Crippen MR) is 350 cm³/mol. The fraction of sp³-hybridized carbons (Fsp3) is 0.571. The number of nitrogens with one attached hydrogen (secondary N) is 2. The van der Waals surface area contributed by atoms with Gasteiger partial charge in [0, 0.05) is 31.6 Å².